The van der Waals surface area contributed by atoms with Crippen LogP contribution >= 0.6 is 11.3 Å². The number of rotatable bonds is 6. The van der Waals surface area contributed by atoms with Gasteiger partial charge in [0.25, 0.3) is 5.91 Å². The summed E-state index contributed by atoms with van der Waals surface area (Å²) in [6.45, 7) is 2.57. The summed E-state index contributed by atoms with van der Waals surface area (Å²) in [7, 11) is 0. The highest BCUT2D eigenvalue weighted by molar-refractivity contribution is 7.13. The van der Waals surface area contributed by atoms with Crippen LogP contribution in [0.5, 0.6) is 11.5 Å². The standard InChI is InChI=1S/C19H18N2O5S/c1-13-3-6-17(27-13)19(23)26-12-18(22)21(8-2-7-20)14-4-5-15-16(11-14)25-10-9-24-15/h3-6,11H,2,8-10,12H2,1H3. The number of benzene rings is 1. The van der Waals surface area contributed by atoms with E-state index in [1.807, 2.05) is 19.1 Å². The Balaban J connectivity index is 1.71. The normalized spacial score (nSPS) is 12.1. The number of anilines is 1. The summed E-state index contributed by atoms with van der Waals surface area (Å²) in [5.41, 5.74) is 0.558. The van der Waals surface area contributed by atoms with Gasteiger partial charge >= 0.3 is 5.97 Å². The lowest BCUT2D eigenvalue weighted by Crippen LogP contribution is -2.35. The van der Waals surface area contributed by atoms with Gasteiger partial charge in [-0.3, -0.25) is 4.79 Å². The third kappa shape index (κ3) is 4.57. The monoisotopic (exact) mass is 386 g/mol. The number of thiophene rings is 1. The van der Waals surface area contributed by atoms with Crippen LogP contribution in [0, 0.1) is 18.3 Å². The van der Waals surface area contributed by atoms with Crippen LogP contribution in [0.15, 0.2) is 30.3 Å². The molecule has 3 rings (SSSR count). The lowest BCUT2D eigenvalue weighted by Gasteiger charge is -2.24. The van der Waals surface area contributed by atoms with Gasteiger partial charge in [0.05, 0.1) is 12.5 Å². The molecule has 27 heavy (non-hydrogen) atoms. The minimum Gasteiger partial charge on any atom is -0.486 e. The zero-order valence-electron chi connectivity index (χ0n) is 14.8. The van der Waals surface area contributed by atoms with Gasteiger partial charge in [-0.1, -0.05) is 0 Å². The fourth-order valence-electron chi connectivity index (χ4n) is 2.58. The highest BCUT2D eigenvalue weighted by Gasteiger charge is 2.21. The molecule has 1 aromatic heterocycles. The summed E-state index contributed by atoms with van der Waals surface area (Å²) in [4.78, 5) is 27.5. The molecular formula is C19H18N2O5S. The number of nitriles is 1. The summed E-state index contributed by atoms with van der Waals surface area (Å²) >= 11 is 1.31. The molecule has 0 fully saturated rings. The van der Waals surface area contributed by atoms with E-state index in [1.165, 1.54) is 16.2 Å². The molecule has 1 aliphatic rings. The Bertz CT molecular complexity index is 886. The van der Waals surface area contributed by atoms with E-state index in [0.29, 0.717) is 35.3 Å². The van der Waals surface area contributed by atoms with Crippen molar-refractivity contribution in [1.82, 2.24) is 0 Å². The van der Waals surface area contributed by atoms with Crippen LogP contribution in [0.2, 0.25) is 0 Å². The molecule has 0 saturated heterocycles. The van der Waals surface area contributed by atoms with Gasteiger partial charge in [-0.2, -0.15) is 5.26 Å². The van der Waals surface area contributed by atoms with Crippen LogP contribution in [0.3, 0.4) is 0 Å². The Labute approximate surface area is 160 Å². The van der Waals surface area contributed by atoms with E-state index >= 15 is 0 Å². The highest BCUT2D eigenvalue weighted by atomic mass is 32.1. The van der Waals surface area contributed by atoms with Gasteiger partial charge in [0.2, 0.25) is 0 Å². The highest BCUT2D eigenvalue weighted by Crippen LogP contribution is 2.34. The van der Waals surface area contributed by atoms with Crippen molar-refractivity contribution >= 4 is 28.9 Å². The maximum absolute atomic E-state index is 12.6. The van der Waals surface area contributed by atoms with Crippen LogP contribution < -0.4 is 14.4 Å². The Morgan fingerprint density at radius 2 is 2.00 bits per heavy atom. The summed E-state index contributed by atoms with van der Waals surface area (Å²) in [6.07, 6.45) is 0.151. The number of carbonyl (C=O) groups excluding carboxylic acids is 2. The van der Waals surface area contributed by atoms with E-state index in [-0.39, 0.29) is 13.0 Å². The summed E-state index contributed by atoms with van der Waals surface area (Å²) in [6, 6.07) is 10.6. The molecule has 1 aromatic carbocycles. The summed E-state index contributed by atoms with van der Waals surface area (Å²) in [5, 5.41) is 8.89. The van der Waals surface area contributed by atoms with Crippen molar-refractivity contribution in [3.05, 3.63) is 40.1 Å². The first kappa shape index (κ1) is 18.7. The van der Waals surface area contributed by atoms with E-state index in [2.05, 4.69) is 0 Å². The molecule has 140 valence electrons. The van der Waals surface area contributed by atoms with E-state index < -0.39 is 18.5 Å². The van der Waals surface area contributed by atoms with Gasteiger partial charge in [-0.15, -0.1) is 11.3 Å². The predicted molar refractivity (Wildman–Crippen MR) is 99.4 cm³/mol. The van der Waals surface area contributed by atoms with Crippen LogP contribution in [-0.4, -0.2) is 38.2 Å². The number of fused-ring (bicyclic) bond motifs is 1. The van der Waals surface area contributed by atoms with Crippen LogP contribution in [-0.2, 0) is 9.53 Å². The van der Waals surface area contributed by atoms with Crippen molar-refractivity contribution < 1.29 is 23.8 Å². The third-order valence-electron chi connectivity index (χ3n) is 3.85. The molecule has 0 saturated carbocycles. The maximum Gasteiger partial charge on any atom is 0.348 e. The number of hydrogen-bond donors (Lipinski definition) is 0. The minimum absolute atomic E-state index is 0.151. The average Bonchev–Trinajstić information content (AvgIpc) is 3.12. The van der Waals surface area contributed by atoms with Crippen molar-refractivity contribution in [1.29, 1.82) is 5.26 Å². The van der Waals surface area contributed by atoms with Crippen molar-refractivity contribution in [3.8, 4) is 17.6 Å². The quantitative estimate of drug-likeness (QED) is 0.709. The Kier molecular flexibility index (Phi) is 5.94. The molecule has 2 aromatic rings. The molecule has 1 amide bonds. The number of carbonyl (C=O) groups is 2. The Morgan fingerprint density at radius 1 is 1.22 bits per heavy atom. The second kappa shape index (κ2) is 8.56. The molecule has 0 radical (unpaired) electrons. The van der Waals surface area contributed by atoms with E-state index in [9.17, 15) is 9.59 Å². The van der Waals surface area contributed by atoms with Gasteiger partial charge < -0.3 is 19.1 Å². The number of ether oxygens (including phenoxy) is 3. The first-order valence-corrected chi connectivity index (χ1v) is 9.20. The molecule has 8 heteroatoms. The van der Waals surface area contributed by atoms with Crippen molar-refractivity contribution in [2.45, 2.75) is 13.3 Å². The lowest BCUT2D eigenvalue weighted by molar-refractivity contribution is -0.121. The largest absolute Gasteiger partial charge is 0.486 e. The summed E-state index contributed by atoms with van der Waals surface area (Å²) in [5.74, 6) is 0.198. The zero-order chi connectivity index (χ0) is 19.2. The SMILES string of the molecule is Cc1ccc(C(=O)OCC(=O)N(CCC#N)c2ccc3c(c2)OCCO3)s1. The van der Waals surface area contributed by atoms with Crippen LogP contribution in [0.25, 0.3) is 0 Å². The molecule has 0 aliphatic carbocycles. The number of esters is 1. The van der Waals surface area contributed by atoms with Crippen LogP contribution in [0.4, 0.5) is 5.69 Å². The molecule has 0 unspecified atom stereocenters. The molecule has 0 atom stereocenters. The van der Waals surface area contributed by atoms with E-state index in [1.54, 1.807) is 24.3 Å². The molecule has 0 bridgehead atoms. The van der Waals surface area contributed by atoms with Gasteiger partial charge in [-0.05, 0) is 31.2 Å². The van der Waals surface area contributed by atoms with Crippen molar-refractivity contribution in [2.24, 2.45) is 0 Å². The zero-order valence-corrected chi connectivity index (χ0v) is 15.6. The first-order valence-electron chi connectivity index (χ1n) is 8.39. The third-order valence-corrected chi connectivity index (χ3v) is 4.83. The molecule has 7 nitrogen and oxygen atoms in total. The first-order chi connectivity index (χ1) is 13.1. The van der Waals surface area contributed by atoms with E-state index in [4.69, 9.17) is 19.5 Å². The number of hydrogen-bond acceptors (Lipinski definition) is 7. The molecular weight excluding hydrogens is 368 g/mol. The topological polar surface area (TPSA) is 88.9 Å². The summed E-state index contributed by atoms with van der Waals surface area (Å²) < 4.78 is 16.2. The van der Waals surface area contributed by atoms with Crippen LogP contribution in [0.1, 0.15) is 21.0 Å². The fourth-order valence-corrected chi connectivity index (χ4v) is 3.34. The second-order valence-electron chi connectivity index (χ2n) is 5.77. The van der Waals surface area contributed by atoms with Gasteiger partial charge in [0.1, 0.15) is 18.1 Å². The average molecular weight is 386 g/mol. The Morgan fingerprint density at radius 3 is 2.70 bits per heavy atom. The number of nitrogens with zero attached hydrogens (tertiary/aromatic N) is 2. The smallest absolute Gasteiger partial charge is 0.348 e. The lowest BCUT2D eigenvalue weighted by atomic mass is 10.2. The van der Waals surface area contributed by atoms with E-state index in [0.717, 1.165) is 4.88 Å². The van der Waals surface area contributed by atoms with Crippen molar-refractivity contribution in [3.63, 3.8) is 0 Å². The molecule has 2 heterocycles. The predicted octanol–water partition coefficient (Wildman–Crippen LogP) is 2.93. The number of amides is 1. The molecule has 1 aliphatic heterocycles. The van der Waals surface area contributed by atoms with Gasteiger partial charge in [-0.25, -0.2) is 4.79 Å². The minimum atomic E-state index is -0.538. The van der Waals surface area contributed by atoms with Crippen molar-refractivity contribution in [2.75, 3.05) is 31.3 Å². The fraction of sp³-hybridized carbons (Fsp3) is 0.316. The number of aryl methyl sites for hydroxylation is 1. The molecule has 0 N–H and O–H groups in total. The maximum atomic E-state index is 12.6. The molecule has 0 spiro atoms. The van der Waals surface area contributed by atoms with Gasteiger partial charge in [0.15, 0.2) is 18.1 Å². The Hall–Kier alpha value is -3.05. The second-order valence-corrected chi connectivity index (χ2v) is 7.06. The van der Waals surface area contributed by atoms with Gasteiger partial charge in [0, 0.05) is 23.2 Å².